The fraction of sp³-hybridized carbons (Fsp3) is 0.429. The summed E-state index contributed by atoms with van der Waals surface area (Å²) in [6.07, 6.45) is 7.67. The minimum Gasteiger partial charge on any atom is -0.314 e. The van der Waals surface area contributed by atoms with Crippen molar-refractivity contribution >= 4 is 0 Å². The molecule has 1 nitrogen and oxygen atoms in total. The Bertz CT molecular complexity index is 592. The van der Waals surface area contributed by atoms with Gasteiger partial charge in [-0.05, 0) is 60.9 Å². The summed E-state index contributed by atoms with van der Waals surface area (Å²) in [5.41, 5.74) is 6.25. The predicted octanol–water partition coefficient (Wildman–Crippen LogP) is 4.45. The second kappa shape index (κ2) is 6.26. The van der Waals surface area contributed by atoms with Crippen LogP contribution in [0.4, 0.5) is 0 Å². The van der Waals surface area contributed by atoms with Gasteiger partial charge >= 0.3 is 0 Å². The number of aryl methyl sites for hydroxylation is 2. The predicted molar refractivity (Wildman–Crippen MR) is 92.4 cm³/mol. The number of fused-ring (bicyclic) bond motifs is 2. The maximum atomic E-state index is 3.75. The molecule has 2 aromatic carbocycles. The molecule has 2 aliphatic rings. The highest BCUT2D eigenvalue weighted by molar-refractivity contribution is 5.45. The van der Waals surface area contributed by atoms with Crippen LogP contribution < -0.4 is 5.32 Å². The van der Waals surface area contributed by atoms with Gasteiger partial charge in [0.2, 0.25) is 0 Å². The van der Waals surface area contributed by atoms with E-state index in [0.29, 0.717) is 12.0 Å². The number of nitrogens with one attached hydrogen (secondary N) is 1. The second-order valence-corrected chi connectivity index (χ2v) is 6.83. The molecule has 1 aliphatic carbocycles. The summed E-state index contributed by atoms with van der Waals surface area (Å²) in [5.74, 6) is 0.561. The van der Waals surface area contributed by atoms with Crippen molar-refractivity contribution in [3.8, 4) is 0 Å². The summed E-state index contributed by atoms with van der Waals surface area (Å²) in [5, 5.41) is 3.75. The van der Waals surface area contributed by atoms with E-state index >= 15 is 0 Å². The summed E-state index contributed by atoms with van der Waals surface area (Å²) in [6.45, 7) is 1.20. The maximum Gasteiger partial charge on any atom is 0.0110 e. The highest BCUT2D eigenvalue weighted by Crippen LogP contribution is 2.37. The smallest absolute Gasteiger partial charge is 0.0110 e. The van der Waals surface area contributed by atoms with Gasteiger partial charge in [-0.25, -0.2) is 0 Å². The van der Waals surface area contributed by atoms with E-state index in [0.717, 1.165) is 0 Å². The van der Waals surface area contributed by atoms with Crippen LogP contribution >= 0.6 is 0 Å². The molecule has 1 heterocycles. The van der Waals surface area contributed by atoms with Crippen LogP contribution in [-0.4, -0.2) is 12.6 Å². The summed E-state index contributed by atoms with van der Waals surface area (Å²) >= 11 is 0. The molecule has 22 heavy (non-hydrogen) atoms. The Labute approximate surface area is 133 Å². The highest BCUT2D eigenvalue weighted by Gasteiger charge is 2.26. The van der Waals surface area contributed by atoms with Gasteiger partial charge in [0.25, 0.3) is 0 Å². The lowest BCUT2D eigenvalue weighted by Crippen LogP contribution is -2.35. The van der Waals surface area contributed by atoms with Crippen molar-refractivity contribution < 1.29 is 0 Å². The first-order chi connectivity index (χ1) is 10.9. The zero-order chi connectivity index (χ0) is 14.8. The van der Waals surface area contributed by atoms with Crippen LogP contribution in [0.5, 0.6) is 0 Å². The summed E-state index contributed by atoms with van der Waals surface area (Å²) in [7, 11) is 0. The first-order valence-corrected chi connectivity index (χ1v) is 8.81. The topological polar surface area (TPSA) is 12.0 Å². The van der Waals surface area contributed by atoms with Crippen molar-refractivity contribution in [2.75, 3.05) is 6.54 Å². The summed E-state index contributed by atoms with van der Waals surface area (Å²) < 4.78 is 0. The van der Waals surface area contributed by atoms with Gasteiger partial charge in [0.05, 0.1) is 0 Å². The summed E-state index contributed by atoms with van der Waals surface area (Å²) in [4.78, 5) is 0. The number of piperidine rings is 1. The molecule has 4 rings (SSSR count). The Kier molecular flexibility index (Phi) is 3.99. The molecule has 0 radical (unpaired) electrons. The van der Waals surface area contributed by atoms with Crippen molar-refractivity contribution in [3.63, 3.8) is 0 Å². The van der Waals surface area contributed by atoms with Crippen LogP contribution in [0, 0.1) is 0 Å². The quantitative estimate of drug-likeness (QED) is 0.862. The zero-order valence-electron chi connectivity index (χ0n) is 13.2. The molecule has 1 saturated heterocycles. The van der Waals surface area contributed by atoms with Crippen LogP contribution in [0.2, 0.25) is 0 Å². The normalized spacial score (nSPS) is 21.7. The zero-order valence-corrected chi connectivity index (χ0v) is 13.2. The molecule has 0 amide bonds. The first-order valence-electron chi connectivity index (χ1n) is 8.81. The lowest BCUT2D eigenvalue weighted by Gasteiger charge is -2.29. The third-order valence-electron chi connectivity index (χ3n) is 5.46. The second-order valence-electron chi connectivity index (χ2n) is 6.83. The van der Waals surface area contributed by atoms with E-state index in [4.69, 9.17) is 0 Å². The molecule has 1 aliphatic heterocycles. The van der Waals surface area contributed by atoms with Gasteiger partial charge in [0.15, 0.2) is 0 Å². The molecule has 0 spiro atoms. The largest absolute Gasteiger partial charge is 0.314 e. The molecule has 2 aromatic rings. The molecule has 0 aromatic heterocycles. The number of rotatable bonds is 2. The molecule has 0 bridgehead atoms. The molecular formula is C21H25N. The van der Waals surface area contributed by atoms with E-state index in [9.17, 15) is 0 Å². The van der Waals surface area contributed by atoms with Crippen molar-refractivity contribution in [3.05, 3.63) is 70.8 Å². The van der Waals surface area contributed by atoms with Crippen molar-refractivity contribution in [1.82, 2.24) is 5.32 Å². The first kappa shape index (κ1) is 14.0. The maximum absolute atomic E-state index is 3.75. The molecule has 114 valence electrons. The van der Waals surface area contributed by atoms with E-state index in [2.05, 4.69) is 53.8 Å². The molecule has 1 heteroatoms. The van der Waals surface area contributed by atoms with Gasteiger partial charge in [0.1, 0.15) is 0 Å². The Morgan fingerprint density at radius 1 is 0.818 bits per heavy atom. The third-order valence-corrected chi connectivity index (χ3v) is 5.46. The minimum absolute atomic E-state index is 0.561. The minimum atomic E-state index is 0.561. The monoisotopic (exact) mass is 291 g/mol. The molecule has 1 unspecified atom stereocenters. The Morgan fingerprint density at radius 3 is 2.05 bits per heavy atom. The number of hydrogen-bond donors (Lipinski definition) is 1. The van der Waals surface area contributed by atoms with E-state index in [-0.39, 0.29) is 0 Å². The highest BCUT2D eigenvalue weighted by atomic mass is 14.9. The lowest BCUT2D eigenvalue weighted by molar-refractivity contribution is 0.371. The number of benzene rings is 2. The third kappa shape index (κ3) is 2.70. The van der Waals surface area contributed by atoms with Crippen LogP contribution in [0.1, 0.15) is 53.9 Å². The fourth-order valence-electron chi connectivity index (χ4n) is 4.30. The fourth-order valence-corrected chi connectivity index (χ4v) is 4.30. The van der Waals surface area contributed by atoms with E-state index < -0.39 is 0 Å². The van der Waals surface area contributed by atoms with E-state index in [1.165, 1.54) is 45.1 Å². The van der Waals surface area contributed by atoms with Crippen LogP contribution in [0.3, 0.4) is 0 Å². The number of hydrogen-bond acceptors (Lipinski definition) is 1. The molecule has 1 atom stereocenters. The van der Waals surface area contributed by atoms with Gasteiger partial charge in [-0.2, -0.15) is 0 Å². The molecular weight excluding hydrogens is 266 g/mol. The van der Waals surface area contributed by atoms with Crippen LogP contribution in [-0.2, 0) is 12.8 Å². The van der Waals surface area contributed by atoms with E-state index in [1.54, 1.807) is 22.3 Å². The van der Waals surface area contributed by atoms with Gasteiger partial charge in [0, 0.05) is 12.0 Å². The van der Waals surface area contributed by atoms with Crippen LogP contribution in [0.15, 0.2) is 48.5 Å². The Hall–Kier alpha value is -1.60. The standard InChI is InChI=1S/C21H25N/c1-3-10-19-16(7-1)12-13-17-8-2-4-11-20(17)21(19)15-18-9-5-6-14-22-18/h1-4,7-8,10-11,18,21-22H,5-6,9,12-15H2. The molecule has 0 saturated carbocycles. The van der Waals surface area contributed by atoms with Gasteiger partial charge < -0.3 is 5.32 Å². The average Bonchev–Trinajstić information content (AvgIpc) is 2.74. The average molecular weight is 291 g/mol. The SMILES string of the molecule is c1ccc2c(c1)CCc1ccccc1C2CC1CCCCN1. The van der Waals surface area contributed by atoms with Crippen LogP contribution in [0.25, 0.3) is 0 Å². The van der Waals surface area contributed by atoms with Gasteiger partial charge in [-0.3, -0.25) is 0 Å². The Morgan fingerprint density at radius 2 is 1.45 bits per heavy atom. The lowest BCUT2D eigenvalue weighted by atomic mass is 9.82. The van der Waals surface area contributed by atoms with Gasteiger partial charge in [-0.15, -0.1) is 0 Å². The summed E-state index contributed by atoms with van der Waals surface area (Å²) in [6, 6.07) is 18.9. The molecule has 1 fully saturated rings. The van der Waals surface area contributed by atoms with Crippen molar-refractivity contribution in [2.45, 2.75) is 50.5 Å². The Balaban J connectivity index is 1.73. The van der Waals surface area contributed by atoms with Gasteiger partial charge in [-0.1, -0.05) is 55.0 Å². The van der Waals surface area contributed by atoms with Crippen molar-refractivity contribution in [1.29, 1.82) is 0 Å². The van der Waals surface area contributed by atoms with E-state index in [1.807, 2.05) is 0 Å². The van der Waals surface area contributed by atoms with Crippen molar-refractivity contribution in [2.24, 2.45) is 0 Å². The molecule has 1 N–H and O–H groups in total.